The summed E-state index contributed by atoms with van der Waals surface area (Å²) >= 11 is 1.74. The van der Waals surface area contributed by atoms with E-state index >= 15 is 0 Å². The Bertz CT molecular complexity index is 867. The number of rotatable bonds is 4. The largest absolute Gasteiger partial charge is 0.369 e. The first-order chi connectivity index (χ1) is 11.7. The van der Waals surface area contributed by atoms with E-state index in [1.54, 1.807) is 17.7 Å². The van der Waals surface area contributed by atoms with Gasteiger partial charge in [0.2, 0.25) is 0 Å². The molecule has 0 spiro atoms. The fraction of sp³-hybridized carbons (Fsp3) is 0.529. The van der Waals surface area contributed by atoms with Crippen LogP contribution in [-0.4, -0.2) is 31.3 Å². The molecule has 0 fully saturated rings. The Morgan fingerprint density at radius 2 is 2.17 bits per heavy atom. The number of anilines is 1. The number of hydrogen-bond acceptors (Lipinski definition) is 6. The maximum Gasteiger partial charge on any atom is 0.138 e. The van der Waals surface area contributed by atoms with Gasteiger partial charge in [-0.2, -0.15) is 0 Å². The molecule has 126 valence electrons. The maximum absolute atomic E-state index is 4.49. The van der Waals surface area contributed by atoms with Crippen LogP contribution in [0.15, 0.2) is 6.33 Å². The molecule has 1 aliphatic heterocycles. The molecule has 4 rings (SSSR count). The van der Waals surface area contributed by atoms with E-state index in [-0.39, 0.29) is 0 Å². The topological polar surface area (TPSA) is 68.5 Å². The summed E-state index contributed by atoms with van der Waals surface area (Å²) in [4.78, 5) is 11.3. The molecule has 0 amide bonds. The van der Waals surface area contributed by atoms with Crippen molar-refractivity contribution >= 4 is 27.4 Å². The summed E-state index contributed by atoms with van der Waals surface area (Å²) < 4.78 is 2.30. The minimum absolute atomic E-state index is 0.573. The molecule has 0 radical (unpaired) electrons. The lowest BCUT2D eigenvalue weighted by molar-refractivity contribution is 0.374. The van der Waals surface area contributed by atoms with Crippen LogP contribution in [0, 0.1) is 19.8 Å². The van der Waals surface area contributed by atoms with Crippen molar-refractivity contribution in [3.05, 3.63) is 28.4 Å². The van der Waals surface area contributed by atoms with E-state index in [1.165, 1.54) is 15.8 Å². The molecule has 0 unspecified atom stereocenters. The molecule has 1 N–H and O–H groups in total. The highest BCUT2D eigenvalue weighted by molar-refractivity contribution is 7.18. The first kappa shape index (κ1) is 15.5. The lowest BCUT2D eigenvalue weighted by Gasteiger charge is -2.24. The zero-order chi connectivity index (χ0) is 16.7. The van der Waals surface area contributed by atoms with E-state index in [2.05, 4.69) is 50.8 Å². The highest BCUT2D eigenvalue weighted by atomic mass is 32.1. The quantitative estimate of drug-likeness (QED) is 0.789. The van der Waals surface area contributed by atoms with Gasteiger partial charge in [0.15, 0.2) is 0 Å². The highest BCUT2D eigenvalue weighted by Crippen LogP contribution is 2.32. The summed E-state index contributed by atoms with van der Waals surface area (Å²) in [6.45, 7) is 8.35. The van der Waals surface area contributed by atoms with E-state index < -0.39 is 0 Å². The molecule has 1 atom stereocenters. The summed E-state index contributed by atoms with van der Waals surface area (Å²) in [5.74, 6) is 3.77. The van der Waals surface area contributed by atoms with Crippen molar-refractivity contribution in [1.29, 1.82) is 0 Å². The average molecular weight is 342 g/mol. The van der Waals surface area contributed by atoms with Crippen LogP contribution < -0.4 is 5.32 Å². The van der Waals surface area contributed by atoms with Gasteiger partial charge in [-0.15, -0.1) is 21.5 Å². The first-order valence-corrected chi connectivity index (χ1v) is 9.34. The van der Waals surface area contributed by atoms with Crippen molar-refractivity contribution in [3.8, 4) is 0 Å². The fourth-order valence-electron chi connectivity index (χ4n) is 3.44. The van der Waals surface area contributed by atoms with E-state index in [1.807, 2.05) is 0 Å². The van der Waals surface area contributed by atoms with Crippen LogP contribution in [0.1, 0.15) is 35.4 Å². The third kappa shape index (κ3) is 2.56. The van der Waals surface area contributed by atoms with E-state index in [9.17, 15) is 0 Å². The zero-order valence-corrected chi connectivity index (χ0v) is 15.2. The SMILES string of the molecule is CCc1nnc2n1C[C@@H](CNc1ncnc3sc(C)c(C)c13)CC2. The Morgan fingerprint density at radius 3 is 3.00 bits per heavy atom. The third-order valence-electron chi connectivity index (χ3n) is 4.96. The predicted molar refractivity (Wildman–Crippen MR) is 96.6 cm³/mol. The second-order valence-corrected chi connectivity index (χ2v) is 7.67. The Kier molecular flexibility index (Phi) is 3.96. The van der Waals surface area contributed by atoms with Gasteiger partial charge in [0.05, 0.1) is 5.39 Å². The van der Waals surface area contributed by atoms with Gasteiger partial charge < -0.3 is 9.88 Å². The summed E-state index contributed by atoms with van der Waals surface area (Å²) in [5, 5.41) is 13.4. The molecule has 0 bridgehead atoms. The Balaban J connectivity index is 1.52. The molecule has 0 aliphatic carbocycles. The first-order valence-electron chi connectivity index (χ1n) is 8.53. The number of fused-ring (bicyclic) bond motifs is 2. The molecule has 7 heteroatoms. The molecule has 1 aliphatic rings. The van der Waals surface area contributed by atoms with Gasteiger partial charge in [-0.05, 0) is 31.7 Å². The number of aryl methyl sites for hydroxylation is 4. The van der Waals surface area contributed by atoms with Crippen molar-refractivity contribution in [1.82, 2.24) is 24.7 Å². The lowest BCUT2D eigenvalue weighted by Crippen LogP contribution is -2.27. The van der Waals surface area contributed by atoms with Crippen LogP contribution in [0.3, 0.4) is 0 Å². The Labute approximate surface area is 145 Å². The summed E-state index contributed by atoms with van der Waals surface area (Å²) in [6, 6.07) is 0. The van der Waals surface area contributed by atoms with Gasteiger partial charge in [0.1, 0.15) is 28.6 Å². The van der Waals surface area contributed by atoms with Crippen molar-refractivity contribution in [2.24, 2.45) is 5.92 Å². The van der Waals surface area contributed by atoms with E-state index in [0.29, 0.717) is 5.92 Å². The van der Waals surface area contributed by atoms with Crippen molar-refractivity contribution in [2.45, 2.75) is 46.6 Å². The molecular formula is C17H22N6S. The minimum atomic E-state index is 0.573. The second kappa shape index (κ2) is 6.12. The van der Waals surface area contributed by atoms with E-state index in [0.717, 1.165) is 54.6 Å². The van der Waals surface area contributed by atoms with Crippen molar-refractivity contribution < 1.29 is 0 Å². The maximum atomic E-state index is 4.49. The van der Waals surface area contributed by atoms with Crippen LogP contribution in [0.25, 0.3) is 10.2 Å². The molecule has 24 heavy (non-hydrogen) atoms. The van der Waals surface area contributed by atoms with Gasteiger partial charge in [-0.1, -0.05) is 6.92 Å². The zero-order valence-electron chi connectivity index (χ0n) is 14.3. The minimum Gasteiger partial charge on any atom is -0.369 e. The molecule has 4 heterocycles. The number of hydrogen-bond donors (Lipinski definition) is 1. The van der Waals surface area contributed by atoms with Gasteiger partial charge >= 0.3 is 0 Å². The van der Waals surface area contributed by atoms with Gasteiger partial charge in [0.25, 0.3) is 0 Å². The van der Waals surface area contributed by atoms with E-state index in [4.69, 9.17) is 0 Å². The summed E-state index contributed by atoms with van der Waals surface area (Å²) in [7, 11) is 0. The van der Waals surface area contributed by atoms with Gasteiger partial charge in [0, 0.05) is 30.8 Å². The third-order valence-corrected chi connectivity index (χ3v) is 6.08. The molecular weight excluding hydrogens is 320 g/mol. The number of nitrogens with zero attached hydrogens (tertiary/aromatic N) is 5. The van der Waals surface area contributed by atoms with Gasteiger partial charge in [-0.3, -0.25) is 0 Å². The molecule has 3 aromatic heterocycles. The van der Waals surface area contributed by atoms with Crippen molar-refractivity contribution in [2.75, 3.05) is 11.9 Å². The number of nitrogens with one attached hydrogen (secondary N) is 1. The second-order valence-electron chi connectivity index (χ2n) is 6.47. The van der Waals surface area contributed by atoms with Crippen LogP contribution in [0.5, 0.6) is 0 Å². The summed E-state index contributed by atoms with van der Waals surface area (Å²) in [6.07, 6.45) is 4.75. The predicted octanol–water partition coefficient (Wildman–Crippen LogP) is 3.14. The van der Waals surface area contributed by atoms with Crippen LogP contribution >= 0.6 is 11.3 Å². The number of thiophene rings is 1. The smallest absolute Gasteiger partial charge is 0.138 e. The molecule has 6 nitrogen and oxygen atoms in total. The molecule has 0 aromatic carbocycles. The highest BCUT2D eigenvalue weighted by Gasteiger charge is 2.22. The van der Waals surface area contributed by atoms with Crippen LogP contribution in [-0.2, 0) is 19.4 Å². The molecule has 3 aromatic rings. The lowest BCUT2D eigenvalue weighted by atomic mass is 9.99. The standard InChI is InChI=1S/C17H22N6S/c1-4-13-21-22-14-6-5-12(8-23(13)14)7-18-16-15-10(2)11(3)24-17(15)20-9-19-16/h9,12H,4-8H2,1-3H3,(H,18,19,20)/t12-/m1/s1. The fourth-order valence-corrected chi connectivity index (χ4v) is 4.43. The monoisotopic (exact) mass is 342 g/mol. The molecule has 0 saturated carbocycles. The van der Waals surface area contributed by atoms with Crippen LogP contribution in [0.4, 0.5) is 5.82 Å². The molecule has 0 saturated heterocycles. The summed E-state index contributed by atoms with van der Waals surface area (Å²) in [5.41, 5.74) is 1.29. The van der Waals surface area contributed by atoms with Gasteiger partial charge in [-0.25, -0.2) is 9.97 Å². The Morgan fingerprint density at radius 1 is 1.29 bits per heavy atom. The van der Waals surface area contributed by atoms with Crippen LogP contribution in [0.2, 0.25) is 0 Å². The number of aromatic nitrogens is 5. The average Bonchev–Trinajstić information content (AvgIpc) is 3.14. The van der Waals surface area contributed by atoms with Crippen molar-refractivity contribution in [3.63, 3.8) is 0 Å². The normalized spacial score (nSPS) is 17.2. The Hall–Kier alpha value is -2.02.